The molecule has 0 amide bonds. The number of benzene rings is 1. The predicted octanol–water partition coefficient (Wildman–Crippen LogP) is 2.13. The molecule has 0 unspecified atom stereocenters. The van der Waals surface area contributed by atoms with Crippen molar-refractivity contribution in [2.24, 2.45) is 0 Å². The summed E-state index contributed by atoms with van der Waals surface area (Å²) in [6.07, 6.45) is 0. The third-order valence-corrected chi connectivity index (χ3v) is 3.27. The first-order valence-electron chi connectivity index (χ1n) is 5.17. The van der Waals surface area contributed by atoms with Crippen LogP contribution in [0.4, 0.5) is 0 Å². The van der Waals surface area contributed by atoms with Crippen molar-refractivity contribution in [2.45, 2.75) is 6.92 Å². The van der Waals surface area contributed by atoms with Gasteiger partial charge in [-0.1, -0.05) is 41.7 Å². The molecule has 0 saturated heterocycles. The minimum absolute atomic E-state index is 0.109. The van der Waals surface area contributed by atoms with Gasteiger partial charge < -0.3 is 0 Å². The second-order valence-electron chi connectivity index (χ2n) is 3.71. The summed E-state index contributed by atoms with van der Waals surface area (Å²) in [6.45, 7) is 1.85. The fourth-order valence-electron chi connectivity index (χ4n) is 1.66. The van der Waals surface area contributed by atoms with Gasteiger partial charge in [0.1, 0.15) is 5.01 Å². The van der Waals surface area contributed by atoms with Gasteiger partial charge in [0.15, 0.2) is 5.65 Å². The van der Waals surface area contributed by atoms with Gasteiger partial charge in [-0.25, -0.2) is 4.98 Å². The predicted molar refractivity (Wildman–Crippen MR) is 67.3 cm³/mol. The minimum Gasteiger partial charge on any atom is -0.255 e. The Balaban J connectivity index is 2.29. The van der Waals surface area contributed by atoms with Crippen LogP contribution in [0.1, 0.15) is 5.69 Å². The molecule has 2 aromatic heterocycles. The topological polar surface area (TPSA) is 47.3 Å². The first-order chi connectivity index (χ1) is 8.24. The maximum atomic E-state index is 11.9. The van der Waals surface area contributed by atoms with Gasteiger partial charge in [-0.15, -0.1) is 0 Å². The largest absolute Gasteiger partial charge is 0.331 e. The third-order valence-electron chi connectivity index (χ3n) is 2.41. The van der Waals surface area contributed by atoms with Crippen molar-refractivity contribution >= 4 is 17.0 Å². The van der Waals surface area contributed by atoms with E-state index in [-0.39, 0.29) is 4.87 Å². The lowest BCUT2D eigenvalue weighted by Gasteiger charge is -1.98. The Morgan fingerprint density at radius 3 is 2.76 bits per heavy atom. The van der Waals surface area contributed by atoms with Gasteiger partial charge in [0, 0.05) is 11.6 Å². The first kappa shape index (κ1) is 10.2. The van der Waals surface area contributed by atoms with E-state index in [9.17, 15) is 4.79 Å². The summed E-state index contributed by atoms with van der Waals surface area (Å²) in [5.74, 6) is 0. The smallest absolute Gasteiger partial charge is 0.255 e. The number of hydrogen-bond donors (Lipinski definition) is 0. The standard InChI is InChI=1S/C12H9N3OS/c1-8-7-10-13-11(9-5-3-2-4-6-9)17-12(16)15(10)14-8/h2-7H,1H3. The SMILES string of the molecule is Cc1cc2nc(-c3ccccc3)sc(=O)n2n1. The van der Waals surface area contributed by atoms with E-state index in [1.165, 1.54) is 4.52 Å². The summed E-state index contributed by atoms with van der Waals surface area (Å²) >= 11 is 1.11. The number of fused-ring (bicyclic) bond motifs is 1. The Labute approximate surface area is 101 Å². The van der Waals surface area contributed by atoms with Crippen molar-refractivity contribution in [2.75, 3.05) is 0 Å². The van der Waals surface area contributed by atoms with E-state index in [0.29, 0.717) is 5.65 Å². The van der Waals surface area contributed by atoms with E-state index < -0.39 is 0 Å². The van der Waals surface area contributed by atoms with E-state index in [1.807, 2.05) is 37.3 Å². The van der Waals surface area contributed by atoms with Gasteiger partial charge in [-0.3, -0.25) is 4.79 Å². The van der Waals surface area contributed by atoms with Crippen LogP contribution in [0, 0.1) is 6.92 Å². The molecule has 0 spiro atoms. The van der Waals surface area contributed by atoms with Crippen molar-refractivity contribution in [1.82, 2.24) is 14.6 Å². The number of hydrogen-bond acceptors (Lipinski definition) is 4. The monoisotopic (exact) mass is 243 g/mol. The average Bonchev–Trinajstić information content (AvgIpc) is 2.71. The molecule has 0 N–H and O–H groups in total. The van der Waals surface area contributed by atoms with Crippen molar-refractivity contribution < 1.29 is 0 Å². The zero-order valence-corrected chi connectivity index (χ0v) is 9.94. The summed E-state index contributed by atoms with van der Waals surface area (Å²) in [5.41, 5.74) is 2.35. The van der Waals surface area contributed by atoms with Gasteiger partial charge in [0.2, 0.25) is 0 Å². The van der Waals surface area contributed by atoms with Crippen molar-refractivity contribution in [1.29, 1.82) is 0 Å². The van der Waals surface area contributed by atoms with Gasteiger partial charge >= 0.3 is 4.87 Å². The molecule has 1 aromatic carbocycles. The Hall–Kier alpha value is -2.01. The summed E-state index contributed by atoms with van der Waals surface area (Å²) < 4.78 is 1.34. The second kappa shape index (κ2) is 3.78. The summed E-state index contributed by atoms with van der Waals surface area (Å²) in [4.78, 5) is 16.2. The highest BCUT2D eigenvalue weighted by atomic mass is 32.1. The number of aryl methyl sites for hydroxylation is 1. The lowest BCUT2D eigenvalue weighted by molar-refractivity contribution is 0.905. The molecule has 0 aliphatic heterocycles. The zero-order valence-electron chi connectivity index (χ0n) is 9.12. The van der Waals surface area contributed by atoms with Crippen LogP contribution in [-0.2, 0) is 0 Å². The van der Waals surface area contributed by atoms with E-state index >= 15 is 0 Å². The second-order valence-corrected chi connectivity index (χ2v) is 4.65. The maximum absolute atomic E-state index is 11.9. The van der Waals surface area contributed by atoms with Crippen molar-refractivity contribution in [3.8, 4) is 10.6 Å². The molecule has 3 aromatic rings. The number of aromatic nitrogens is 3. The highest BCUT2D eigenvalue weighted by Gasteiger charge is 2.07. The highest BCUT2D eigenvalue weighted by molar-refractivity contribution is 7.12. The fraction of sp³-hybridized carbons (Fsp3) is 0.0833. The Morgan fingerprint density at radius 1 is 1.24 bits per heavy atom. The molecular weight excluding hydrogens is 234 g/mol. The molecule has 0 fully saturated rings. The third kappa shape index (κ3) is 1.74. The summed E-state index contributed by atoms with van der Waals surface area (Å²) in [5, 5.41) is 4.82. The van der Waals surface area contributed by atoms with E-state index in [4.69, 9.17) is 0 Å². The van der Waals surface area contributed by atoms with E-state index in [0.717, 1.165) is 27.6 Å². The molecule has 17 heavy (non-hydrogen) atoms. The Kier molecular flexibility index (Phi) is 2.26. The van der Waals surface area contributed by atoms with Crippen LogP contribution < -0.4 is 4.87 Å². The van der Waals surface area contributed by atoms with Gasteiger partial charge in [-0.2, -0.15) is 9.61 Å². The van der Waals surface area contributed by atoms with Crippen LogP contribution in [0.5, 0.6) is 0 Å². The van der Waals surface area contributed by atoms with Crippen molar-refractivity contribution in [3.63, 3.8) is 0 Å². The quantitative estimate of drug-likeness (QED) is 0.657. The van der Waals surface area contributed by atoms with Gasteiger partial charge in [0.25, 0.3) is 0 Å². The lowest BCUT2D eigenvalue weighted by atomic mass is 10.2. The van der Waals surface area contributed by atoms with Crippen LogP contribution in [0.25, 0.3) is 16.2 Å². The molecule has 5 heteroatoms. The molecule has 4 nitrogen and oxygen atoms in total. The van der Waals surface area contributed by atoms with Gasteiger partial charge in [-0.05, 0) is 6.92 Å². The normalized spacial score (nSPS) is 10.9. The molecule has 0 aliphatic rings. The van der Waals surface area contributed by atoms with Crippen LogP contribution in [0.2, 0.25) is 0 Å². The summed E-state index contributed by atoms with van der Waals surface area (Å²) in [7, 11) is 0. The van der Waals surface area contributed by atoms with Crippen LogP contribution in [0.3, 0.4) is 0 Å². The Morgan fingerprint density at radius 2 is 2.00 bits per heavy atom. The molecule has 0 saturated carbocycles. The Bertz CT molecular complexity index is 730. The van der Waals surface area contributed by atoms with E-state index in [1.54, 1.807) is 6.07 Å². The van der Waals surface area contributed by atoms with Crippen LogP contribution >= 0.6 is 11.3 Å². The maximum Gasteiger partial charge on any atom is 0.331 e. The van der Waals surface area contributed by atoms with E-state index in [2.05, 4.69) is 10.1 Å². The lowest BCUT2D eigenvalue weighted by Crippen LogP contribution is -2.10. The zero-order chi connectivity index (χ0) is 11.8. The molecule has 0 aliphatic carbocycles. The highest BCUT2D eigenvalue weighted by Crippen LogP contribution is 2.19. The summed E-state index contributed by atoms with van der Waals surface area (Å²) in [6, 6.07) is 11.5. The number of nitrogens with zero attached hydrogens (tertiary/aromatic N) is 3. The molecular formula is C12H9N3OS. The average molecular weight is 243 g/mol. The molecule has 0 radical (unpaired) electrons. The van der Waals surface area contributed by atoms with Crippen LogP contribution in [0.15, 0.2) is 41.2 Å². The molecule has 3 rings (SSSR count). The van der Waals surface area contributed by atoms with Crippen LogP contribution in [-0.4, -0.2) is 14.6 Å². The molecule has 84 valence electrons. The molecule has 0 atom stereocenters. The fourth-order valence-corrected chi connectivity index (χ4v) is 2.44. The minimum atomic E-state index is -0.109. The van der Waals surface area contributed by atoms with Crippen molar-refractivity contribution in [3.05, 3.63) is 51.8 Å². The first-order valence-corrected chi connectivity index (χ1v) is 5.98. The number of rotatable bonds is 1. The molecule has 2 heterocycles. The van der Waals surface area contributed by atoms with Gasteiger partial charge in [0.05, 0.1) is 5.69 Å². The molecule has 0 bridgehead atoms.